The van der Waals surface area contributed by atoms with Crippen molar-refractivity contribution in [1.29, 1.82) is 0 Å². The summed E-state index contributed by atoms with van der Waals surface area (Å²) in [7, 11) is 4.05. The van der Waals surface area contributed by atoms with Crippen LogP contribution in [-0.4, -0.2) is 74.4 Å². The maximum atomic E-state index is 5.94. The van der Waals surface area contributed by atoms with E-state index in [1.165, 1.54) is 0 Å². The van der Waals surface area contributed by atoms with Gasteiger partial charge in [-0.3, -0.25) is 4.68 Å². The van der Waals surface area contributed by atoms with Crippen LogP contribution < -0.4 is 4.74 Å². The number of aromatic nitrogens is 4. The second kappa shape index (κ2) is 9.64. The van der Waals surface area contributed by atoms with E-state index in [-0.39, 0.29) is 0 Å². The van der Waals surface area contributed by atoms with Gasteiger partial charge in [0.2, 0.25) is 0 Å². The minimum absolute atomic E-state index is 0.528. The van der Waals surface area contributed by atoms with Crippen LogP contribution in [-0.2, 0) is 13.5 Å². The number of likely N-dealkylation sites (N-methyl/N-ethyl adjacent to an activating group) is 1. The third-order valence-electron chi connectivity index (χ3n) is 5.84. The number of thiocarbonyl (C=S) groups is 1. The number of nitrogens with one attached hydrogen (secondary N) is 1. The largest absolute Gasteiger partial charge is 0.493 e. The summed E-state index contributed by atoms with van der Waals surface area (Å²) < 4.78 is 8.29. The molecule has 0 unspecified atom stereocenters. The van der Waals surface area contributed by atoms with Crippen LogP contribution in [0.2, 0.25) is 0 Å². The number of nitrogens with zero attached hydrogens (tertiary/aromatic N) is 5. The molecule has 0 radical (unpaired) electrons. The van der Waals surface area contributed by atoms with Gasteiger partial charge in [-0.15, -0.1) is 0 Å². The quantitative estimate of drug-likeness (QED) is 0.547. The highest BCUT2D eigenvalue weighted by Gasteiger charge is 2.20. The summed E-state index contributed by atoms with van der Waals surface area (Å²) in [5.41, 5.74) is 4.65. The van der Waals surface area contributed by atoms with Crippen molar-refractivity contribution in [3.05, 3.63) is 34.1 Å². The predicted octanol–water partition coefficient (Wildman–Crippen LogP) is 3.97. The van der Waals surface area contributed by atoms with Crippen LogP contribution >= 0.6 is 24.4 Å². The van der Waals surface area contributed by atoms with Gasteiger partial charge in [-0.05, 0) is 38.6 Å². The summed E-state index contributed by atoms with van der Waals surface area (Å²) in [6.45, 7) is 8.57. The van der Waals surface area contributed by atoms with Crippen molar-refractivity contribution in [1.82, 2.24) is 29.5 Å². The third-order valence-corrected chi connectivity index (χ3v) is 6.62. The first-order valence-electron chi connectivity index (χ1n) is 11.1. The summed E-state index contributed by atoms with van der Waals surface area (Å²) in [5, 5.41) is 4.66. The molecule has 0 saturated carbocycles. The van der Waals surface area contributed by atoms with Crippen LogP contribution in [0.1, 0.15) is 31.5 Å². The number of rotatable bonds is 6. The first kappa shape index (κ1) is 22.8. The van der Waals surface area contributed by atoms with E-state index >= 15 is 0 Å². The third kappa shape index (κ3) is 4.42. The summed E-state index contributed by atoms with van der Waals surface area (Å²) in [4.78, 5) is 13.7. The normalized spacial score (nSPS) is 14.8. The molecule has 0 aliphatic carbocycles. The maximum absolute atomic E-state index is 5.94. The highest BCUT2D eigenvalue weighted by atomic mass is 32.1. The highest BCUT2D eigenvalue weighted by Crippen LogP contribution is 2.31. The molecule has 1 fully saturated rings. The Morgan fingerprint density at radius 3 is 2.59 bits per heavy atom. The summed E-state index contributed by atoms with van der Waals surface area (Å²) in [6, 6.07) is 6.09. The second-order valence-electron chi connectivity index (χ2n) is 8.17. The van der Waals surface area contributed by atoms with Crippen molar-refractivity contribution in [3.63, 3.8) is 0 Å². The van der Waals surface area contributed by atoms with Gasteiger partial charge in [-0.25, -0.2) is 4.98 Å². The van der Waals surface area contributed by atoms with Crippen LogP contribution in [0.4, 0.5) is 0 Å². The molecule has 0 bridgehead atoms. The Labute approximate surface area is 199 Å². The number of benzene rings is 1. The minimum Gasteiger partial charge on any atom is -0.493 e. The van der Waals surface area contributed by atoms with Gasteiger partial charge < -0.3 is 19.5 Å². The molecule has 2 aromatic heterocycles. The number of hydrogen-bond acceptors (Lipinski definition) is 6. The van der Waals surface area contributed by atoms with E-state index in [0.29, 0.717) is 17.1 Å². The molecular weight excluding hydrogens is 440 g/mol. The average molecular weight is 471 g/mol. The van der Waals surface area contributed by atoms with Gasteiger partial charge in [0.25, 0.3) is 0 Å². The topological polar surface area (TPSA) is 62.2 Å². The molecule has 9 heteroatoms. The lowest BCUT2D eigenvalue weighted by atomic mass is 10.1. The molecule has 1 aliphatic heterocycles. The molecule has 3 heterocycles. The molecule has 1 N–H and O–H groups in total. The molecule has 0 spiro atoms. The van der Waals surface area contributed by atoms with Crippen LogP contribution in [0.25, 0.3) is 22.4 Å². The van der Waals surface area contributed by atoms with Crippen molar-refractivity contribution in [2.45, 2.75) is 26.7 Å². The first-order chi connectivity index (χ1) is 15.4. The number of ether oxygens (including phenoxy) is 1. The number of fused-ring (bicyclic) bond motifs is 1. The second-order valence-corrected chi connectivity index (χ2v) is 8.95. The maximum Gasteiger partial charge on any atom is 0.156 e. The van der Waals surface area contributed by atoms with Crippen molar-refractivity contribution in [2.24, 2.45) is 7.05 Å². The summed E-state index contributed by atoms with van der Waals surface area (Å²) >= 11 is 11.5. The number of hydrogen-bond donors (Lipinski definition) is 1. The standard InChI is InChI=1S/C23H30N6OS2/c1-5-7-17-19-20(28(4)26-17)22(31)25-21(24-19)16-14-15(8-9-18(16)30-6-2)23(32)29-12-10-27(3)11-13-29/h8-9,14H,5-7,10-13H2,1-4H3,(H,24,25,31). The Kier molecular flexibility index (Phi) is 6.88. The van der Waals surface area contributed by atoms with E-state index < -0.39 is 0 Å². The lowest BCUT2D eigenvalue weighted by Crippen LogP contribution is -2.46. The molecule has 4 rings (SSSR count). The smallest absolute Gasteiger partial charge is 0.156 e. The number of aromatic amines is 1. The van der Waals surface area contributed by atoms with Gasteiger partial charge in [0.1, 0.15) is 22.1 Å². The van der Waals surface area contributed by atoms with Crippen molar-refractivity contribution in [2.75, 3.05) is 39.8 Å². The SMILES string of the molecule is CCCc1nn(C)c2c(=S)nc(-c3cc(C(=S)N4CCN(C)CC4)ccc3OCC)[nH]c12. The Morgan fingerprint density at radius 2 is 1.91 bits per heavy atom. The van der Waals surface area contributed by atoms with E-state index in [9.17, 15) is 0 Å². The Hall–Kier alpha value is -2.36. The van der Waals surface area contributed by atoms with Crippen LogP contribution in [0.15, 0.2) is 18.2 Å². The van der Waals surface area contributed by atoms with Gasteiger partial charge >= 0.3 is 0 Å². The van der Waals surface area contributed by atoms with Crippen molar-refractivity contribution in [3.8, 4) is 17.1 Å². The van der Waals surface area contributed by atoms with Gasteiger partial charge in [0, 0.05) is 38.8 Å². The van der Waals surface area contributed by atoms with E-state index in [0.717, 1.165) is 77.6 Å². The summed E-state index contributed by atoms with van der Waals surface area (Å²) in [6.07, 6.45) is 1.88. The molecule has 1 saturated heterocycles. The molecule has 0 atom stereocenters. The van der Waals surface area contributed by atoms with Crippen molar-refractivity contribution < 1.29 is 4.74 Å². The van der Waals surface area contributed by atoms with Crippen molar-refractivity contribution >= 4 is 40.5 Å². The van der Waals surface area contributed by atoms with Gasteiger partial charge in [0.05, 0.1) is 23.4 Å². The molecule has 32 heavy (non-hydrogen) atoms. The molecule has 0 amide bonds. The Balaban J connectivity index is 1.80. The summed E-state index contributed by atoms with van der Waals surface area (Å²) in [5.74, 6) is 1.44. The lowest BCUT2D eigenvalue weighted by Gasteiger charge is -2.34. The number of piperazine rings is 1. The Bertz CT molecular complexity index is 1190. The lowest BCUT2D eigenvalue weighted by molar-refractivity contribution is 0.218. The zero-order valence-corrected chi connectivity index (χ0v) is 20.8. The molecule has 1 aliphatic rings. The van der Waals surface area contributed by atoms with Crippen LogP contribution in [0, 0.1) is 4.64 Å². The first-order valence-corrected chi connectivity index (χ1v) is 12.0. The average Bonchev–Trinajstić information content (AvgIpc) is 3.10. The van der Waals surface area contributed by atoms with E-state index in [1.807, 2.05) is 30.8 Å². The zero-order chi connectivity index (χ0) is 22.8. The molecule has 7 nitrogen and oxygen atoms in total. The number of H-pyrrole nitrogens is 1. The monoisotopic (exact) mass is 470 g/mol. The van der Waals surface area contributed by atoms with E-state index in [2.05, 4.69) is 39.9 Å². The fourth-order valence-corrected chi connectivity index (χ4v) is 4.75. The fourth-order valence-electron chi connectivity index (χ4n) is 4.12. The molecule has 170 valence electrons. The van der Waals surface area contributed by atoms with Gasteiger partial charge in [0.15, 0.2) is 4.64 Å². The minimum atomic E-state index is 0.528. The highest BCUT2D eigenvalue weighted by molar-refractivity contribution is 7.80. The van der Waals surface area contributed by atoms with E-state index in [1.54, 1.807) is 0 Å². The van der Waals surface area contributed by atoms with Gasteiger partial charge in [-0.2, -0.15) is 5.10 Å². The molecule has 3 aromatic rings. The van der Waals surface area contributed by atoms with Crippen LogP contribution in [0.3, 0.4) is 0 Å². The predicted molar refractivity (Wildman–Crippen MR) is 135 cm³/mol. The molecular formula is C23H30N6OS2. The number of aryl methyl sites for hydroxylation is 2. The molecule has 1 aromatic carbocycles. The van der Waals surface area contributed by atoms with Crippen LogP contribution in [0.5, 0.6) is 5.75 Å². The fraction of sp³-hybridized carbons (Fsp3) is 0.478. The zero-order valence-electron chi connectivity index (χ0n) is 19.1. The Morgan fingerprint density at radius 1 is 1.16 bits per heavy atom. The van der Waals surface area contributed by atoms with E-state index in [4.69, 9.17) is 34.2 Å². The van der Waals surface area contributed by atoms with Gasteiger partial charge in [-0.1, -0.05) is 37.8 Å².